The van der Waals surface area contributed by atoms with Crippen LogP contribution in [0.5, 0.6) is 0 Å². The second-order valence-corrected chi connectivity index (χ2v) is 6.71. The summed E-state index contributed by atoms with van der Waals surface area (Å²) < 4.78 is 0.949. The van der Waals surface area contributed by atoms with Crippen molar-refractivity contribution >= 4 is 40.1 Å². The van der Waals surface area contributed by atoms with Crippen LogP contribution in [0.2, 0.25) is 5.02 Å². The third-order valence-corrected chi connectivity index (χ3v) is 4.82. The fourth-order valence-corrected chi connectivity index (χ4v) is 2.58. The Morgan fingerprint density at radius 3 is 2.43 bits per heavy atom. The van der Waals surface area contributed by atoms with Gasteiger partial charge in [-0.3, -0.25) is 4.79 Å². The van der Waals surface area contributed by atoms with Gasteiger partial charge in [-0.25, -0.2) is 0 Å². The third-order valence-electron chi connectivity index (χ3n) is 3.25. The van der Waals surface area contributed by atoms with Crippen molar-refractivity contribution < 1.29 is 4.79 Å². The van der Waals surface area contributed by atoms with E-state index in [1.807, 2.05) is 61.2 Å². The summed E-state index contributed by atoms with van der Waals surface area (Å²) in [5.41, 5.74) is 1.75. The lowest BCUT2D eigenvalue weighted by Gasteiger charge is -2.27. The zero-order valence-electron chi connectivity index (χ0n) is 12.0. The second-order valence-electron chi connectivity index (χ2n) is 5.14. The van der Waals surface area contributed by atoms with Gasteiger partial charge in [0.15, 0.2) is 0 Å². The van der Waals surface area contributed by atoms with Gasteiger partial charge >= 0.3 is 0 Å². The SMILES string of the molecule is CC(C)N(Cc1ccccc1)C(=O)c1ccc(I)c(Cl)c1. The Kier molecular flexibility index (Phi) is 5.65. The molecule has 0 N–H and O–H groups in total. The first-order valence-electron chi connectivity index (χ1n) is 6.79. The quantitative estimate of drug-likeness (QED) is 0.646. The molecule has 0 fully saturated rings. The summed E-state index contributed by atoms with van der Waals surface area (Å²) in [6.07, 6.45) is 0. The Balaban J connectivity index is 2.25. The molecule has 0 saturated carbocycles. The van der Waals surface area contributed by atoms with E-state index in [-0.39, 0.29) is 11.9 Å². The molecule has 2 aromatic carbocycles. The number of hydrogen-bond acceptors (Lipinski definition) is 1. The molecule has 2 aromatic rings. The molecule has 0 radical (unpaired) electrons. The molecule has 4 heteroatoms. The third kappa shape index (κ3) is 4.20. The molecule has 0 unspecified atom stereocenters. The van der Waals surface area contributed by atoms with Crippen molar-refractivity contribution in [3.8, 4) is 0 Å². The Morgan fingerprint density at radius 2 is 1.86 bits per heavy atom. The van der Waals surface area contributed by atoms with E-state index in [9.17, 15) is 4.79 Å². The normalized spacial score (nSPS) is 10.7. The van der Waals surface area contributed by atoms with Crippen molar-refractivity contribution in [3.63, 3.8) is 0 Å². The van der Waals surface area contributed by atoms with Gasteiger partial charge in [0.2, 0.25) is 0 Å². The lowest BCUT2D eigenvalue weighted by molar-refractivity contribution is 0.0690. The number of nitrogens with zero attached hydrogens (tertiary/aromatic N) is 1. The minimum Gasteiger partial charge on any atom is -0.332 e. The van der Waals surface area contributed by atoms with Crippen LogP contribution in [0.15, 0.2) is 48.5 Å². The number of hydrogen-bond donors (Lipinski definition) is 0. The monoisotopic (exact) mass is 413 g/mol. The molecule has 2 nitrogen and oxygen atoms in total. The minimum atomic E-state index is 0.00662. The highest BCUT2D eigenvalue weighted by atomic mass is 127. The van der Waals surface area contributed by atoms with Gasteiger partial charge in [0.25, 0.3) is 5.91 Å². The summed E-state index contributed by atoms with van der Waals surface area (Å²) in [6.45, 7) is 4.64. The van der Waals surface area contributed by atoms with E-state index in [2.05, 4.69) is 22.6 Å². The molecule has 110 valence electrons. The van der Waals surface area contributed by atoms with Crippen LogP contribution in [0.4, 0.5) is 0 Å². The van der Waals surface area contributed by atoms with Gasteiger partial charge in [-0.2, -0.15) is 0 Å². The van der Waals surface area contributed by atoms with Gasteiger partial charge in [-0.05, 0) is 60.2 Å². The Bertz CT molecular complexity index is 628. The fraction of sp³-hybridized carbons (Fsp3) is 0.235. The van der Waals surface area contributed by atoms with Crippen LogP contribution >= 0.6 is 34.2 Å². The lowest BCUT2D eigenvalue weighted by atomic mass is 10.1. The molecule has 0 aliphatic rings. The van der Waals surface area contributed by atoms with Gasteiger partial charge < -0.3 is 4.90 Å². The van der Waals surface area contributed by atoms with E-state index in [4.69, 9.17) is 11.6 Å². The van der Waals surface area contributed by atoms with Crippen molar-refractivity contribution in [2.75, 3.05) is 0 Å². The highest BCUT2D eigenvalue weighted by Crippen LogP contribution is 2.21. The number of rotatable bonds is 4. The highest BCUT2D eigenvalue weighted by Gasteiger charge is 2.19. The average molecular weight is 414 g/mol. The van der Waals surface area contributed by atoms with Crippen LogP contribution in [0.25, 0.3) is 0 Å². The highest BCUT2D eigenvalue weighted by molar-refractivity contribution is 14.1. The summed E-state index contributed by atoms with van der Waals surface area (Å²) in [7, 11) is 0. The maximum Gasteiger partial charge on any atom is 0.254 e. The van der Waals surface area contributed by atoms with Gasteiger partial charge in [0.05, 0.1) is 5.02 Å². The minimum absolute atomic E-state index is 0.00662. The van der Waals surface area contributed by atoms with E-state index in [0.717, 1.165) is 9.13 Å². The van der Waals surface area contributed by atoms with E-state index in [1.54, 1.807) is 6.07 Å². The first-order valence-corrected chi connectivity index (χ1v) is 8.24. The van der Waals surface area contributed by atoms with Gasteiger partial charge in [-0.15, -0.1) is 0 Å². The first kappa shape index (κ1) is 16.3. The zero-order chi connectivity index (χ0) is 15.4. The largest absolute Gasteiger partial charge is 0.332 e. The van der Waals surface area contributed by atoms with Crippen LogP contribution in [0.1, 0.15) is 29.8 Å². The predicted octanol–water partition coefficient (Wildman–Crippen LogP) is 5.00. The van der Waals surface area contributed by atoms with E-state index < -0.39 is 0 Å². The molecule has 0 saturated heterocycles. The molecule has 0 spiro atoms. The standard InChI is InChI=1S/C17H17ClINO/c1-12(2)20(11-13-6-4-3-5-7-13)17(21)14-8-9-16(19)15(18)10-14/h3-10,12H,11H2,1-2H3. The van der Waals surface area contributed by atoms with Gasteiger partial charge in [0.1, 0.15) is 0 Å². The predicted molar refractivity (Wildman–Crippen MR) is 95.6 cm³/mol. The molecule has 1 amide bonds. The Labute approximate surface area is 144 Å². The number of carbonyl (C=O) groups excluding carboxylic acids is 1. The van der Waals surface area contributed by atoms with Crippen molar-refractivity contribution in [1.82, 2.24) is 4.90 Å². The topological polar surface area (TPSA) is 20.3 Å². The molecule has 0 bridgehead atoms. The fourth-order valence-electron chi connectivity index (χ4n) is 2.06. The van der Waals surface area contributed by atoms with Gasteiger partial charge in [0, 0.05) is 21.7 Å². The van der Waals surface area contributed by atoms with Crippen molar-refractivity contribution in [1.29, 1.82) is 0 Å². The summed E-state index contributed by atoms with van der Waals surface area (Å²) >= 11 is 8.28. The molecular formula is C17H17ClINO. The number of amides is 1. The van der Waals surface area contributed by atoms with Crippen LogP contribution in [-0.2, 0) is 6.54 Å². The molecular weight excluding hydrogens is 397 g/mol. The summed E-state index contributed by atoms with van der Waals surface area (Å²) in [4.78, 5) is 14.6. The van der Waals surface area contributed by atoms with Crippen LogP contribution in [0, 0.1) is 3.57 Å². The number of benzene rings is 2. The maximum atomic E-state index is 12.7. The van der Waals surface area contributed by atoms with E-state index in [1.165, 1.54) is 0 Å². The molecule has 0 heterocycles. The molecule has 0 aliphatic carbocycles. The average Bonchev–Trinajstić information content (AvgIpc) is 2.47. The molecule has 2 rings (SSSR count). The van der Waals surface area contributed by atoms with Crippen LogP contribution in [-0.4, -0.2) is 16.8 Å². The smallest absolute Gasteiger partial charge is 0.254 e. The summed E-state index contributed by atoms with van der Waals surface area (Å²) in [5.74, 6) is 0.00662. The lowest BCUT2D eigenvalue weighted by Crippen LogP contribution is -2.36. The van der Waals surface area contributed by atoms with Crippen molar-refractivity contribution in [2.45, 2.75) is 26.4 Å². The van der Waals surface area contributed by atoms with E-state index in [0.29, 0.717) is 17.1 Å². The first-order chi connectivity index (χ1) is 9.99. The second kappa shape index (κ2) is 7.27. The van der Waals surface area contributed by atoms with Crippen LogP contribution in [0.3, 0.4) is 0 Å². The maximum absolute atomic E-state index is 12.7. The molecule has 0 aromatic heterocycles. The zero-order valence-corrected chi connectivity index (χ0v) is 14.9. The molecule has 0 atom stereocenters. The summed E-state index contributed by atoms with van der Waals surface area (Å²) in [6, 6.07) is 15.6. The number of halogens is 2. The Morgan fingerprint density at radius 1 is 1.19 bits per heavy atom. The summed E-state index contributed by atoms with van der Waals surface area (Å²) in [5, 5.41) is 0.616. The molecule has 0 aliphatic heterocycles. The van der Waals surface area contributed by atoms with Crippen molar-refractivity contribution in [2.24, 2.45) is 0 Å². The number of carbonyl (C=O) groups is 1. The van der Waals surface area contributed by atoms with Crippen molar-refractivity contribution in [3.05, 3.63) is 68.3 Å². The van der Waals surface area contributed by atoms with Gasteiger partial charge in [-0.1, -0.05) is 41.9 Å². The molecule has 21 heavy (non-hydrogen) atoms. The van der Waals surface area contributed by atoms with Crippen LogP contribution < -0.4 is 0 Å². The van der Waals surface area contributed by atoms with E-state index >= 15 is 0 Å². The Hall–Kier alpha value is -1.07.